The van der Waals surface area contributed by atoms with Gasteiger partial charge in [0.1, 0.15) is 29.5 Å². The monoisotopic (exact) mass is 1220 g/mol. The van der Waals surface area contributed by atoms with Crippen molar-refractivity contribution in [2.24, 2.45) is 10.8 Å². The van der Waals surface area contributed by atoms with Crippen molar-refractivity contribution in [3.8, 4) is 44.8 Å². The molecule has 2 atom stereocenters. The molecule has 0 bridgehead atoms. The fourth-order valence-corrected chi connectivity index (χ4v) is 12.6. The lowest BCUT2D eigenvalue weighted by Gasteiger charge is -2.28. The summed E-state index contributed by atoms with van der Waals surface area (Å²) >= 11 is 6.62. The van der Waals surface area contributed by atoms with Crippen LogP contribution in [0.25, 0.3) is 44.8 Å². The molecule has 2 saturated heterocycles. The van der Waals surface area contributed by atoms with Gasteiger partial charge in [-0.15, -0.1) is 0 Å². The SMILES string of the molecule is CC(C)(C)OC(=O)N1CC2(CC2)C[C@H]1c1ncc(-c2ccc3c(c2)C(F)(F)c2cc(Br)ccc2-3)[nH]1.CC(C)(C)OC(=O)N1CC2(CC2)C[C@H]1c1ncc(-c2ccc3c(c2)C(F)(F)c2cc(Br)ccc2-3)n1C(=O)OCc1ccccc1. The molecule has 18 heteroatoms. The predicted molar refractivity (Wildman–Crippen MR) is 300 cm³/mol. The van der Waals surface area contributed by atoms with Crippen LogP contribution in [0.3, 0.4) is 0 Å². The number of ether oxygens (including phenoxy) is 3. The van der Waals surface area contributed by atoms with E-state index in [1.54, 1.807) is 64.5 Å². The van der Waals surface area contributed by atoms with E-state index < -0.39 is 41.3 Å². The van der Waals surface area contributed by atoms with Crippen molar-refractivity contribution in [2.45, 2.75) is 122 Å². The number of carbonyl (C=O) groups is 3. The van der Waals surface area contributed by atoms with Gasteiger partial charge in [0, 0.05) is 55.4 Å². The summed E-state index contributed by atoms with van der Waals surface area (Å²) in [6.07, 6.45) is 7.18. The maximum Gasteiger partial charge on any atom is 0.420 e. The zero-order valence-corrected chi connectivity index (χ0v) is 48.1. The lowest BCUT2D eigenvalue weighted by atomic mass is 10.0. The Hall–Kier alpha value is -6.79. The summed E-state index contributed by atoms with van der Waals surface area (Å²) in [5.41, 5.74) is 3.36. The third kappa shape index (κ3) is 9.91. The van der Waals surface area contributed by atoms with Crippen molar-refractivity contribution >= 4 is 50.1 Å². The number of fused-ring (bicyclic) bond motifs is 6. The van der Waals surface area contributed by atoms with Crippen LogP contribution in [0.2, 0.25) is 0 Å². The van der Waals surface area contributed by atoms with Gasteiger partial charge in [0.15, 0.2) is 0 Å². The van der Waals surface area contributed by atoms with Crippen molar-refractivity contribution in [2.75, 3.05) is 13.1 Å². The lowest BCUT2D eigenvalue weighted by molar-refractivity contribution is 0.0200. The maximum atomic E-state index is 15.8. The number of benzene rings is 5. The van der Waals surface area contributed by atoms with E-state index in [9.17, 15) is 14.4 Å². The molecule has 0 radical (unpaired) electrons. The van der Waals surface area contributed by atoms with E-state index in [4.69, 9.17) is 14.2 Å². The summed E-state index contributed by atoms with van der Waals surface area (Å²) in [7, 11) is 0. The quantitative estimate of drug-likeness (QED) is 0.129. The molecule has 7 aromatic rings. The third-order valence-corrected chi connectivity index (χ3v) is 17.1. The highest BCUT2D eigenvalue weighted by Gasteiger charge is 2.57. The molecule has 6 aliphatic rings. The van der Waals surface area contributed by atoms with Gasteiger partial charge >= 0.3 is 18.3 Å². The molecule has 2 aromatic heterocycles. The largest absolute Gasteiger partial charge is 0.444 e. The second-order valence-corrected chi connectivity index (χ2v) is 26.1. The summed E-state index contributed by atoms with van der Waals surface area (Å²) in [4.78, 5) is 56.3. The van der Waals surface area contributed by atoms with Gasteiger partial charge in [-0.3, -0.25) is 9.80 Å². The van der Waals surface area contributed by atoms with Crippen molar-refractivity contribution in [3.63, 3.8) is 0 Å². The highest BCUT2D eigenvalue weighted by atomic mass is 79.9. The van der Waals surface area contributed by atoms with Crippen LogP contribution in [-0.4, -0.2) is 71.9 Å². The second-order valence-electron chi connectivity index (χ2n) is 24.3. The number of nitrogens with zero attached hydrogens (tertiary/aromatic N) is 5. The van der Waals surface area contributed by atoms with Crippen molar-refractivity contribution in [1.82, 2.24) is 29.3 Å². The van der Waals surface area contributed by atoms with Gasteiger partial charge in [-0.2, -0.15) is 17.6 Å². The number of alkyl halides is 4. The summed E-state index contributed by atoms with van der Waals surface area (Å²) in [5.74, 6) is -5.33. The summed E-state index contributed by atoms with van der Waals surface area (Å²) in [5, 5.41) is 0. The van der Waals surface area contributed by atoms with Crippen LogP contribution >= 0.6 is 31.9 Å². The van der Waals surface area contributed by atoms with E-state index in [-0.39, 0.29) is 51.8 Å². The fraction of sp³-hybridized carbons (Fsp3) is 0.371. The molecule has 5 aromatic carbocycles. The van der Waals surface area contributed by atoms with Crippen LogP contribution in [0.5, 0.6) is 0 Å². The smallest absolute Gasteiger partial charge is 0.420 e. The number of hydrogen-bond donors (Lipinski definition) is 1. The van der Waals surface area contributed by atoms with E-state index in [1.165, 1.54) is 29.0 Å². The van der Waals surface area contributed by atoms with E-state index >= 15 is 17.6 Å². The fourth-order valence-electron chi connectivity index (χ4n) is 11.8. The molecule has 0 unspecified atom stereocenters. The normalized spacial score (nSPS) is 19.9. The number of imidazole rings is 2. The van der Waals surface area contributed by atoms with E-state index in [1.807, 2.05) is 77.9 Å². The van der Waals surface area contributed by atoms with Gasteiger partial charge in [0.05, 0.1) is 35.9 Å². The molecule has 4 heterocycles. The highest BCUT2D eigenvalue weighted by Crippen LogP contribution is 2.60. The highest BCUT2D eigenvalue weighted by molar-refractivity contribution is 9.10. The third-order valence-electron chi connectivity index (χ3n) is 16.1. The average Bonchev–Trinajstić information content (AvgIpc) is 4.15. The molecule has 4 fully saturated rings. The Morgan fingerprint density at radius 3 is 1.60 bits per heavy atom. The maximum absolute atomic E-state index is 15.8. The van der Waals surface area contributed by atoms with Crippen molar-refractivity contribution < 1.29 is 46.2 Å². The Morgan fingerprint density at radius 2 is 1.07 bits per heavy atom. The molecule has 1 N–H and O–H groups in total. The minimum Gasteiger partial charge on any atom is -0.444 e. The minimum atomic E-state index is -3.23. The number of halogens is 6. The number of hydrogen-bond acceptors (Lipinski definition) is 8. The number of aromatic nitrogens is 4. The molecule has 4 aliphatic carbocycles. The van der Waals surface area contributed by atoms with Crippen LogP contribution in [0.1, 0.15) is 132 Å². The molecule has 80 heavy (non-hydrogen) atoms. The Labute approximate surface area is 477 Å². The molecule has 13 rings (SSSR count). The molecular weight excluding hydrogens is 1160 g/mol. The van der Waals surface area contributed by atoms with Gasteiger partial charge in [-0.05, 0) is 155 Å². The van der Waals surface area contributed by atoms with Crippen LogP contribution < -0.4 is 0 Å². The lowest BCUT2D eigenvalue weighted by Crippen LogP contribution is -2.38. The van der Waals surface area contributed by atoms with Crippen LogP contribution in [-0.2, 0) is 32.7 Å². The first-order chi connectivity index (χ1) is 37.8. The van der Waals surface area contributed by atoms with E-state index in [2.05, 4.69) is 46.8 Å². The van der Waals surface area contributed by atoms with Gasteiger partial charge in [-0.25, -0.2) is 28.9 Å². The molecular formula is C62H58Br2F4N6O6. The predicted octanol–water partition coefficient (Wildman–Crippen LogP) is 16.5. The number of H-pyrrole nitrogens is 1. The zero-order valence-electron chi connectivity index (χ0n) is 44.9. The molecule has 12 nitrogen and oxygen atoms in total. The van der Waals surface area contributed by atoms with E-state index in [0.717, 1.165) is 37.7 Å². The van der Waals surface area contributed by atoms with E-state index in [0.29, 0.717) is 84.9 Å². The molecule has 414 valence electrons. The molecule has 2 saturated carbocycles. The zero-order chi connectivity index (χ0) is 56.5. The number of nitrogens with one attached hydrogen (secondary N) is 1. The average molecular weight is 1220 g/mol. The summed E-state index contributed by atoms with van der Waals surface area (Å²) < 4.78 is 81.9. The number of amides is 2. The molecule has 2 amide bonds. The van der Waals surface area contributed by atoms with Gasteiger partial charge < -0.3 is 19.2 Å². The Bertz CT molecular complexity index is 3650. The van der Waals surface area contributed by atoms with Crippen LogP contribution in [0, 0.1) is 10.8 Å². The van der Waals surface area contributed by atoms with Gasteiger partial charge in [0.25, 0.3) is 11.8 Å². The Morgan fingerprint density at radius 1 is 0.600 bits per heavy atom. The number of rotatable bonds is 6. The standard InChI is InChI=1S/C35H32BrF2N3O4.C27H26BrF2N3O2/c1-33(2,3)45-31(42)40-20-34(13-14-34)17-28(40)30-39-18-29(41(30)32(43)44-19-21-7-5-4-6-8-21)22-9-11-24-25-12-10-23(36)16-27(25)35(37,38)26(24)15-22;1-25(2,3)35-24(34)33-14-26(8-9-26)12-22(33)23-31-13-21(32-23)15-4-6-17-18-7-5-16(28)11-20(18)27(29,30)19(17)10-15/h4-12,15-16,18,28H,13-14,17,19-20H2,1-3H3;4-7,10-11,13,22H,8-9,12,14H2,1-3H3,(H,31,32)/t28-;22-/m00/s1. The van der Waals surface area contributed by atoms with Crippen molar-refractivity contribution in [3.05, 3.63) is 164 Å². The Kier molecular flexibility index (Phi) is 12.9. The molecule has 2 spiro atoms. The first-order valence-electron chi connectivity index (χ1n) is 26.8. The van der Waals surface area contributed by atoms with Crippen LogP contribution in [0.15, 0.2) is 124 Å². The van der Waals surface area contributed by atoms with Crippen molar-refractivity contribution in [1.29, 1.82) is 0 Å². The summed E-state index contributed by atoms with van der Waals surface area (Å²) in [6.45, 7) is 12.1. The first-order valence-corrected chi connectivity index (χ1v) is 28.4. The minimum absolute atomic E-state index is 0.00701. The van der Waals surface area contributed by atoms with Gasteiger partial charge in [0.2, 0.25) is 0 Å². The topological polar surface area (TPSA) is 132 Å². The molecule has 2 aliphatic heterocycles. The number of carbonyl (C=O) groups excluding carboxylic acids is 3. The number of aromatic amines is 1. The number of likely N-dealkylation sites (tertiary alicyclic amines) is 2. The second kappa shape index (κ2) is 19.2. The van der Waals surface area contributed by atoms with Crippen LogP contribution in [0.4, 0.5) is 31.9 Å². The first kappa shape index (κ1) is 53.8. The Balaban J connectivity index is 0.000000164. The summed E-state index contributed by atoms with van der Waals surface area (Å²) in [6, 6.07) is 28.3. The van der Waals surface area contributed by atoms with Gasteiger partial charge in [-0.1, -0.05) is 98.6 Å².